The van der Waals surface area contributed by atoms with Gasteiger partial charge in [-0.05, 0) is 44.5 Å². The van der Waals surface area contributed by atoms with Crippen molar-refractivity contribution in [3.8, 4) is 0 Å². The van der Waals surface area contributed by atoms with E-state index in [0.717, 1.165) is 28.4 Å². The zero-order chi connectivity index (χ0) is 12.5. The Morgan fingerprint density at radius 2 is 2.33 bits per heavy atom. The maximum absolute atomic E-state index is 5.98. The highest BCUT2D eigenvalue weighted by Crippen LogP contribution is 2.21. The minimum absolute atomic E-state index is 0.663. The molecule has 18 heavy (non-hydrogen) atoms. The van der Waals surface area contributed by atoms with E-state index in [4.69, 9.17) is 11.6 Å². The van der Waals surface area contributed by atoms with Crippen molar-refractivity contribution in [3.05, 3.63) is 29.0 Å². The highest BCUT2D eigenvalue weighted by molar-refractivity contribution is 6.31. The van der Waals surface area contributed by atoms with Gasteiger partial charge in [-0.1, -0.05) is 18.0 Å². The topological polar surface area (TPSA) is 31.9 Å². The summed E-state index contributed by atoms with van der Waals surface area (Å²) in [5.74, 6) is 1.04. The van der Waals surface area contributed by atoms with Crippen LogP contribution in [0.5, 0.6) is 0 Å². The molecule has 1 N–H and O–H groups in total. The molecule has 2 heterocycles. The van der Waals surface area contributed by atoms with Crippen LogP contribution in [-0.2, 0) is 6.54 Å². The van der Waals surface area contributed by atoms with E-state index in [0.29, 0.717) is 6.04 Å². The maximum Gasteiger partial charge on any atom is 0.121 e. The van der Waals surface area contributed by atoms with Crippen LogP contribution in [0.3, 0.4) is 0 Å². The third kappa shape index (κ3) is 2.38. The molecule has 96 valence electrons. The molecule has 0 aliphatic carbocycles. The van der Waals surface area contributed by atoms with Gasteiger partial charge in [0.05, 0.1) is 17.6 Å². The Bertz CT molecular complexity index is 549. The Hall–Kier alpha value is -1.06. The second kappa shape index (κ2) is 4.90. The zero-order valence-electron chi connectivity index (χ0n) is 10.6. The van der Waals surface area contributed by atoms with Gasteiger partial charge in [0.1, 0.15) is 5.82 Å². The summed E-state index contributed by atoms with van der Waals surface area (Å²) in [6, 6.07) is 6.46. The molecule has 1 aliphatic rings. The van der Waals surface area contributed by atoms with E-state index in [1.165, 1.54) is 25.8 Å². The van der Waals surface area contributed by atoms with Crippen LogP contribution in [0.1, 0.15) is 32.0 Å². The first-order valence-corrected chi connectivity index (χ1v) is 6.98. The highest BCUT2D eigenvalue weighted by Gasteiger charge is 2.19. The number of imidazole rings is 1. The minimum atomic E-state index is 0.663. The van der Waals surface area contributed by atoms with Gasteiger partial charge in [0.15, 0.2) is 0 Å². The van der Waals surface area contributed by atoms with Gasteiger partial charge in [0, 0.05) is 11.1 Å². The molecule has 1 atom stereocenters. The number of H-pyrrole nitrogens is 1. The van der Waals surface area contributed by atoms with E-state index in [1.807, 2.05) is 18.2 Å². The number of fused-ring (bicyclic) bond motifs is 1. The average Bonchev–Trinajstić information content (AvgIpc) is 2.73. The van der Waals surface area contributed by atoms with Gasteiger partial charge in [-0.25, -0.2) is 4.98 Å². The van der Waals surface area contributed by atoms with Crippen LogP contribution in [0.2, 0.25) is 5.02 Å². The number of aromatic nitrogens is 2. The smallest absolute Gasteiger partial charge is 0.121 e. The number of piperidine rings is 1. The molecule has 1 aliphatic heterocycles. The molecule has 0 amide bonds. The zero-order valence-corrected chi connectivity index (χ0v) is 11.4. The first-order valence-electron chi connectivity index (χ1n) is 6.60. The average molecular weight is 264 g/mol. The van der Waals surface area contributed by atoms with Crippen molar-refractivity contribution >= 4 is 22.6 Å². The molecular weight excluding hydrogens is 246 g/mol. The lowest BCUT2D eigenvalue weighted by atomic mass is 10.0. The fourth-order valence-electron chi connectivity index (χ4n) is 2.69. The van der Waals surface area contributed by atoms with Crippen LogP contribution >= 0.6 is 11.6 Å². The largest absolute Gasteiger partial charge is 0.341 e. The number of halogens is 1. The highest BCUT2D eigenvalue weighted by atomic mass is 35.5. The van der Waals surface area contributed by atoms with E-state index in [-0.39, 0.29) is 0 Å². The van der Waals surface area contributed by atoms with Crippen LogP contribution in [0.4, 0.5) is 0 Å². The second-order valence-corrected chi connectivity index (χ2v) is 5.60. The SMILES string of the molecule is CC1CCCCN1Cc1nc2ccc(Cl)cc2[nH]1. The molecule has 1 aromatic carbocycles. The van der Waals surface area contributed by atoms with E-state index in [9.17, 15) is 0 Å². The van der Waals surface area contributed by atoms with Gasteiger partial charge in [-0.3, -0.25) is 4.90 Å². The van der Waals surface area contributed by atoms with Gasteiger partial charge in [0.25, 0.3) is 0 Å². The lowest BCUT2D eigenvalue weighted by Gasteiger charge is -2.32. The normalized spacial score (nSPS) is 21.6. The Kier molecular flexibility index (Phi) is 3.27. The number of nitrogens with one attached hydrogen (secondary N) is 1. The van der Waals surface area contributed by atoms with Crippen LogP contribution < -0.4 is 0 Å². The van der Waals surface area contributed by atoms with Gasteiger partial charge in [-0.2, -0.15) is 0 Å². The predicted octanol–water partition coefficient (Wildman–Crippen LogP) is 3.59. The number of benzene rings is 1. The van der Waals surface area contributed by atoms with Crippen LogP contribution in [-0.4, -0.2) is 27.5 Å². The van der Waals surface area contributed by atoms with Crippen LogP contribution in [0, 0.1) is 0 Å². The summed E-state index contributed by atoms with van der Waals surface area (Å²) in [6.07, 6.45) is 3.95. The van der Waals surface area contributed by atoms with E-state index < -0.39 is 0 Å². The standard InChI is InChI=1S/C14H18ClN3/c1-10-4-2-3-7-18(10)9-14-16-12-6-5-11(15)8-13(12)17-14/h5-6,8,10H,2-4,7,9H2,1H3,(H,16,17). The number of hydrogen-bond acceptors (Lipinski definition) is 2. The Balaban J connectivity index is 1.81. The lowest BCUT2D eigenvalue weighted by molar-refractivity contribution is 0.149. The quantitative estimate of drug-likeness (QED) is 0.898. The first-order chi connectivity index (χ1) is 8.72. The predicted molar refractivity (Wildman–Crippen MR) is 74.8 cm³/mol. The lowest BCUT2D eigenvalue weighted by Crippen LogP contribution is -2.37. The molecule has 1 saturated heterocycles. The maximum atomic E-state index is 5.98. The monoisotopic (exact) mass is 263 g/mol. The molecule has 1 fully saturated rings. The molecule has 0 spiro atoms. The Labute approximate surface area is 112 Å². The summed E-state index contributed by atoms with van der Waals surface area (Å²) in [5.41, 5.74) is 2.03. The van der Waals surface area contributed by atoms with Crippen molar-refractivity contribution in [2.24, 2.45) is 0 Å². The Morgan fingerprint density at radius 1 is 1.44 bits per heavy atom. The van der Waals surface area contributed by atoms with Gasteiger partial charge in [0.2, 0.25) is 0 Å². The summed E-state index contributed by atoms with van der Waals surface area (Å²) in [4.78, 5) is 10.5. The molecule has 0 radical (unpaired) electrons. The number of aromatic amines is 1. The summed E-state index contributed by atoms with van der Waals surface area (Å²) < 4.78 is 0. The third-order valence-electron chi connectivity index (χ3n) is 3.79. The van der Waals surface area contributed by atoms with Gasteiger partial charge >= 0.3 is 0 Å². The third-order valence-corrected chi connectivity index (χ3v) is 4.02. The Morgan fingerprint density at radius 3 is 3.17 bits per heavy atom. The molecule has 1 aromatic heterocycles. The van der Waals surface area contributed by atoms with Crippen molar-refractivity contribution in [1.82, 2.24) is 14.9 Å². The summed E-state index contributed by atoms with van der Waals surface area (Å²) >= 11 is 5.98. The van der Waals surface area contributed by atoms with Crippen molar-refractivity contribution in [3.63, 3.8) is 0 Å². The first kappa shape index (κ1) is 12.0. The van der Waals surface area contributed by atoms with Crippen LogP contribution in [0.25, 0.3) is 11.0 Å². The van der Waals surface area contributed by atoms with E-state index in [2.05, 4.69) is 21.8 Å². The van der Waals surface area contributed by atoms with Crippen molar-refractivity contribution in [1.29, 1.82) is 0 Å². The van der Waals surface area contributed by atoms with Gasteiger partial charge in [-0.15, -0.1) is 0 Å². The minimum Gasteiger partial charge on any atom is -0.341 e. The van der Waals surface area contributed by atoms with E-state index in [1.54, 1.807) is 0 Å². The summed E-state index contributed by atoms with van der Waals surface area (Å²) in [7, 11) is 0. The fourth-order valence-corrected chi connectivity index (χ4v) is 2.87. The second-order valence-electron chi connectivity index (χ2n) is 5.16. The molecule has 3 rings (SSSR count). The number of rotatable bonds is 2. The van der Waals surface area contributed by atoms with Crippen molar-refractivity contribution in [2.75, 3.05) is 6.54 Å². The number of likely N-dealkylation sites (tertiary alicyclic amines) is 1. The molecule has 3 nitrogen and oxygen atoms in total. The van der Waals surface area contributed by atoms with Crippen molar-refractivity contribution in [2.45, 2.75) is 38.8 Å². The summed E-state index contributed by atoms with van der Waals surface area (Å²) in [6.45, 7) is 4.39. The summed E-state index contributed by atoms with van der Waals surface area (Å²) in [5, 5.41) is 0.754. The number of nitrogens with zero attached hydrogens (tertiary/aromatic N) is 2. The molecule has 4 heteroatoms. The fraction of sp³-hybridized carbons (Fsp3) is 0.500. The molecule has 2 aromatic rings. The van der Waals surface area contributed by atoms with E-state index >= 15 is 0 Å². The van der Waals surface area contributed by atoms with Gasteiger partial charge < -0.3 is 4.98 Å². The van der Waals surface area contributed by atoms with Crippen molar-refractivity contribution < 1.29 is 0 Å². The number of hydrogen-bond donors (Lipinski definition) is 1. The molecule has 0 bridgehead atoms. The molecular formula is C14H18ClN3. The van der Waals surface area contributed by atoms with Crippen LogP contribution in [0.15, 0.2) is 18.2 Å². The molecule has 1 unspecified atom stereocenters. The molecule has 0 saturated carbocycles.